The molecule has 168 valence electrons. The predicted octanol–water partition coefficient (Wildman–Crippen LogP) is 4.73. The maximum atomic E-state index is 12.6. The zero-order chi connectivity index (χ0) is 23.4. The first-order valence-electron chi connectivity index (χ1n) is 10.3. The lowest BCUT2D eigenvalue weighted by atomic mass is 10.1. The number of nitrogens with zero attached hydrogens (tertiary/aromatic N) is 2. The Balaban J connectivity index is 1.43. The van der Waals surface area contributed by atoms with Crippen molar-refractivity contribution >= 4 is 27.3 Å². The highest BCUT2D eigenvalue weighted by Crippen LogP contribution is 2.25. The molecule has 0 saturated carbocycles. The van der Waals surface area contributed by atoms with E-state index in [4.69, 9.17) is 4.42 Å². The summed E-state index contributed by atoms with van der Waals surface area (Å²) >= 11 is 0. The number of rotatable bonds is 7. The van der Waals surface area contributed by atoms with E-state index in [1.807, 2.05) is 31.2 Å². The number of nitrogens with one attached hydrogen (secondary N) is 2. The van der Waals surface area contributed by atoms with E-state index in [9.17, 15) is 13.2 Å². The summed E-state index contributed by atoms with van der Waals surface area (Å²) < 4.78 is 31.5. The van der Waals surface area contributed by atoms with Gasteiger partial charge in [-0.25, -0.2) is 8.42 Å². The fourth-order valence-corrected chi connectivity index (χ4v) is 3.71. The van der Waals surface area contributed by atoms with Crippen LogP contribution in [0.25, 0.3) is 22.9 Å². The number of aryl methyl sites for hydroxylation is 1. The van der Waals surface area contributed by atoms with Crippen molar-refractivity contribution in [1.29, 1.82) is 0 Å². The monoisotopic (exact) mass is 462 g/mol. The molecule has 33 heavy (non-hydrogen) atoms. The van der Waals surface area contributed by atoms with Crippen molar-refractivity contribution in [3.63, 3.8) is 0 Å². The number of aromatic nitrogens is 2. The second-order valence-corrected chi connectivity index (χ2v) is 9.41. The normalized spacial score (nSPS) is 11.2. The van der Waals surface area contributed by atoms with Gasteiger partial charge in [0.15, 0.2) is 0 Å². The molecule has 3 aromatic carbocycles. The molecule has 1 amide bonds. The quantitative estimate of drug-likeness (QED) is 0.411. The molecule has 0 bridgehead atoms. The number of carbonyl (C=O) groups is 1. The molecule has 0 atom stereocenters. The minimum Gasteiger partial charge on any atom is -0.416 e. The van der Waals surface area contributed by atoms with Crippen LogP contribution in [-0.2, 0) is 10.0 Å². The van der Waals surface area contributed by atoms with Gasteiger partial charge in [-0.2, -0.15) is 0 Å². The van der Waals surface area contributed by atoms with Crippen molar-refractivity contribution in [2.75, 3.05) is 15.8 Å². The molecule has 0 radical (unpaired) electrons. The molecule has 0 aliphatic carbocycles. The van der Waals surface area contributed by atoms with Gasteiger partial charge in [-0.3, -0.25) is 9.52 Å². The van der Waals surface area contributed by atoms with Crippen LogP contribution in [0.2, 0.25) is 0 Å². The number of hydrogen-bond acceptors (Lipinski definition) is 6. The van der Waals surface area contributed by atoms with Crippen LogP contribution in [-0.4, -0.2) is 30.3 Å². The average Bonchev–Trinajstić information content (AvgIpc) is 3.31. The Morgan fingerprint density at radius 2 is 1.52 bits per heavy atom. The van der Waals surface area contributed by atoms with E-state index in [0.29, 0.717) is 34.3 Å². The summed E-state index contributed by atoms with van der Waals surface area (Å²) in [6, 6.07) is 21.1. The Morgan fingerprint density at radius 1 is 0.879 bits per heavy atom. The minimum atomic E-state index is -3.35. The highest BCUT2D eigenvalue weighted by molar-refractivity contribution is 7.92. The smallest absolute Gasteiger partial charge is 0.255 e. The third-order valence-electron chi connectivity index (χ3n) is 4.88. The Kier molecular flexibility index (Phi) is 6.23. The van der Waals surface area contributed by atoms with E-state index in [1.165, 1.54) is 0 Å². The third-order valence-corrected chi connectivity index (χ3v) is 6.19. The summed E-state index contributed by atoms with van der Waals surface area (Å²) in [6.45, 7) is 3.55. The van der Waals surface area contributed by atoms with Crippen LogP contribution in [0, 0.1) is 6.92 Å². The molecular weight excluding hydrogens is 440 g/mol. The van der Waals surface area contributed by atoms with E-state index in [0.717, 1.165) is 11.1 Å². The van der Waals surface area contributed by atoms with Crippen molar-refractivity contribution in [1.82, 2.24) is 10.2 Å². The van der Waals surface area contributed by atoms with Gasteiger partial charge in [-0.1, -0.05) is 17.7 Å². The zero-order valence-electron chi connectivity index (χ0n) is 18.1. The van der Waals surface area contributed by atoms with Gasteiger partial charge in [0, 0.05) is 28.1 Å². The largest absolute Gasteiger partial charge is 0.416 e. The third kappa shape index (κ3) is 5.45. The molecule has 0 saturated heterocycles. The Bertz CT molecular complexity index is 1380. The first-order valence-corrected chi connectivity index (χ1v) is 11.9. The van der Waals surface area contributed by atoms with Gasteiger partial charge < -0.3 is 9.73 Å². The number of anilines is 2. The Hall–Kier alpha value is -3.98. The molecule has 0 fully saturated rings. The number of benzene rings is 3. The van der Waals surface area contributed by atoms with Crippen molar-refractivity contribution in [3.8, 4) is 22.9 Å². The molecule has 4 rings (SSSR count). The lowest BCUT2D eigenvalue weighted by Crippen LogP contribution is -2.15. The molecule has 8 nitrogen and oxygen atoms in total. The van der Waals surface area contributed by atoms with Gasteiger partial charge in [-0.05, 0) is 74.5 Å². The maximum Gasteiger partial charge on any atom is 0.255 e. The van der Waals surface area contributed by atoms with Crippen LogP contribution in [0.4, 0.5) is 11.4 Å². The van der Waals surface area contributed by atoms with Crippen molar-refractivity contribution in [3.05, 3.63) is 83.9 Å². The SMILES string of the molecule is CCS(=O)(=O)Nc1ccc(NC(=O)c2ccc(-c3nnc(-c4cccc(C)c4)o3)cc2)cc1. The summed E-state index contributed by atoms with van der Waals surface area (Å²) in [7, 11) is -3.35. The van der Waals surface area contributed by atoms with E-state index in [1.54, 1.807) is 55.5 Å². The van der Waals surface area contributed by atoms with E-state index in [2.05, 4.69) is 20.2 Å². The van der Waals surface area contributed by atoms with Crippen LogP contribution in [0.3, 0.4) is 0 Å². The van der Waals surface area contributed by atoms with Gasteiger partial charge in [0.2, 0.25) is 21.8 Å². The predicted molar refractivity (Wildman–Crippen MR) is 127 cm³/mol. The van der Waals surface area contributed by atoms with Crippen LogP contribution in [0.1, 0.15) is 22.8 Å². The minimum absolute atomic E-state index is 0.0156. The van der Waals surface area contributed by atoms with Gasteiger partial charge in [0.05, 0.1) is 5.75 Å². The molecule has 0 aliphatic rings. The summed E-state index contributed by atoms with van der Waals surface area (Å²) in [5, 5.41) is 11.0. The first kappa shape index (κ1) is 22.2. The number of amides is 1. The van der Waals surface area contributed by atoms with E-state index in [-0.39, 0.29) is 11.7 Å². The first-order chi connectivity index (χ1) is 15.8. The molecule has 1 aromatic heterocycles. The molecule has 0 unspecified atom stereocenters. The second-order valence-electron chi connectivity index (χ2n) is 7.40. The fraction of sp³-hybridized carbons (Fsp3) is 0.125. The molecule has 1 heterocycles. The molecule has 0 spiro atoms. The van der Waals surface area contributed by atoms with Crippen molar-refractivity contribution in [2.24, 2.45) is 0 Å². The Labute approximate surface area is 191 Å². The van der Waals surface area contributed by atoms with Gasteiger partial charge in [-0.15, -0.1) is 10.2 Å². The van der Waals surface area contributed by atoms with Crippen LogP contribution < -0.4 is 10.0 Å². The average molecular weight is 463 g/mol. The summed E-state index contributed by atoms with van der Waals surface area (Å²) in [5.74, 6) is 0.483. The van der Waals surface area contributed by atoms with Crippen LogP contribution in [0.15, 0.2) is 77.2 Å². The standard InChI is InChI=1S/C24H22N4O4S/c1-3-33(30,31)28-21-13-11-20(12-14-21)25-22(29)17-7-9-18(10-8-17)23-26-27-24(32-23)19-6-4-5-16(2)15-19/h4-15,28H,3H2,1-2H3,(H,25,29). The lowest BCUT2D eigenvalue weighted by Gasteiger charge is -2.08. The number of hydrogen-bond donors (Lipinski definition) is 2. The highest BCUT2D eigenvalue weighted by Gasteiger charge is 2.13. The molecular formula is C24H22N4O4S. The number of sulfonamides is 1. The summed E-state index contributed by atoms with van der Waals surface area (Å²) in [6.07, 6.45) is 0. The zero-order valence-corrected chi connectivity index (χ0v) is 18.9. The molecule has 0 aliphatic heterocycles. The molecule has 9 heteroatoms. The summed E-state index contributed by atoms with van der Waals surface area (Å²) in [5.41, 5.74) is 4.07. The number of carbonyl (C=O) groups excluding carboxylic acids is 1. The lowest BCUT2D eigenvalue weighted by molar-refractivity contribution is 0.102. The van der Waals surface area contributed by atoms with Crippen LogP contribution in [0.5, 0.6) is 0 Å². The van der Waals surface area contributed by atoms with Crippen molar-refractivity contribution in [2.45, 2.75) is 13.8 Å². The van der Waals surface area contributed by atoms with Crippen molar-refractivity contribution < 1.29 is 17.6 Å². The topological polar surface area (TPSA) is 114 Å². The van der Waals surface area contributed by atoms with E-state index >= 15 is 0 Å². The van der Waals surface area contributed by atoms with Gasteiger partial charge in [0.1, 0.15) is 0 Å². The maximum absolute atomic E-state index is 12.6. The van der Waals surface area contributed by atoms with Crippen LogP contribution >= 0.6 is 0 Å². The highest BCUT2D eigenvalue weighted by atomic mass is 32.2. The second kappa shape index (κ2) is 9.25. The fourth-order valence-electron chi connectivity index (χ4n) is 3.08. The van der Waals surface area contributed by atoms with E-state index < -0.39 is 10.0 Å². The van der Waals surface area contributed by atoms with Gasteiger partial charge in [0.25, 0.3) is 5.91 Å². The molecule has 2 N–H and O–H groups in total. The van der Waals surface area contributed by atoms with Gasteiger partial charge >= 0.3 is 0 Å². The molecule has 4 aromatic rings. The Morgan fingerprint density at radius 3 is 2.15 bits per heavy atom. The summed E-state index contributed by atoms with van der Waals surface area (Å²) in [4.78, 5) is 12.6.